The molecule has 6 nitrogen and oxygen atoms in total. The topological polar surface area (TPSA) is 82.3 Å². The van der Waals surface area contributed by atoms with E-state index >= 15 is 0 Å². The van der Waals surface area contributed by atoms with Crippen molar-refractivity contribution in [2.75, 3.05) is 23.7 Å². The maximum atomic E-state index is 12.1. The lowest BCUT2D eigenvalue weighted by molar-refractivity contribution is -0.0142. The molecule has 0 spiro atoms. The van der Waals surface area contributed by atoms with Crippen LogP contribution in [0.5, 0.6) is 0 Å². The minimum absolute atomic E-state index is 0.0150. The van der Waals surface area contributed by atoms with E-state index in [0.29, 0.717) is 46.3 Å². The first kappa shape index (κ1) is 22.2. The number of rotatable bonds is 6. The highest BCUT2D eigenvalue weighted by Crippen LogP contribution is 2.50. The molecule has 1 fully saturated rings. The fraction of sp³-hybridized carbons (Fsp3) is 0.364. The molecule has 3 rings (SSSR count). The SMILES string of the molecule is CC1(C)C(CNC(=O)Nc2ccc(Cl)cc2)CC1CNC(=O)Nc1ccc(Cl)cc1. The van der Waals surface area contributed by atoms with Crippen molar-refractivity contribution in [1.82, 2.24) is 10.6 Å². The Hall–Kier alpha value is -2.44. The molecular formula is C22H26Cl2N4O2. The van der Waals surface area contributed by atoms with Crippen LogP contribution in [0, 0.1) is 17.3 Å². The average Bonchev–Trinajstić information content (AvgIpc) is 2.70. The summed E-state index contributed by atoms with van der Waals surface area (Å²) < 4.78 is 0. The number of carbonyl (C=O) groups is 2. The van der Waals surface area contributed by atoms with Crippen LogP contribution < -0.4 is 21.3 Å². The predicted molar refractivity (Wildman–Crippen MR) is 122 cm³/mol. The van der Waals surface area contributed by atoms with E-state index in [0.717, 1.165) is 6.42 Å². The zero-order chi connectivity index (χ0) is 21.7. The second-order valence-electron chi connectivity index (χ2n) is 8.13. The minimum Gasteiger partial charge on any atom is -0.338 e. The fourth-order valence-corrected chi connectivity index (χ4v) is 3.92. The number of nitrogens with one attached hydrogen (secondary N) is 4. The van der Waals surface area contributed by atoms with Crippen LogP contribution in [-0.2, 0) is 0 Å². The normalized spacial score (nSPS) is 19.3. The molecule has 2 aromatic rings. The van der Waals surface area contributed by atoms with E-state index in [1.165, 1.54) is 0 Å². The van der Waals surface area contributed by atoms with Gasteiger partial charge in [0.1, 0.15) is 0 Å². The van der Waals surface area contributed by atoms with E-state index in [1.807, 2.05) is 0 Å². The Balaban J connectivity index is 1.38. The van der Waals surface area contributed by atoms with E-state index in [1.54, 1.807) is 48.5 Å². The summed E-state index contributed by atoms with van der Waals surface area (Å²) in [6.45, 7) is 5.51. The first-order valence-corrected chi connectivity index (χ1v) is 10.6. The van der Waals surface area contributed by atoms with Crippen molar-refractivity contribution in [3.05, 3.63) is 58.6 Å². The summed E-state index contributed by atoms with van der Waals surface area (Å²) in [4.78, 5) is 24.2. The van der Waals surface area contributed by atoms with Crippen molar-refractivity contribution >= 4 is 46.6 Å². The van der Waals surface area contributed by atoms with Gasteiger partial charge >= 0.3 is 12.1 Å². The summed E-state index contributed by atoms with van der Waals surface area (Å²) in [5.41, 5.74) is 1.40. The molecule has 1 aliphatic rings. The highest BCUT2D eigenvalue weighted by atomic mass is 35.5. The van der Waals surface area contributed by atoms with Gasteiger partial charge in [-0.1, -0.05) is 37.0 Å². The van der Waals surface area contributed by atoms with E-state index < -0.39 is 0 Å². The minimum atomic E-state index is -0.239. The lowest BCUT2D eigenvalue weighted by atomic mass is 9.54. The average molecular weight is 449 g/mol. The van der Waals surface area contributed by atoms with E-state index in [9.17, 15) is 9.59 Å². The summed E-state index contributed by atoms with van der Waals surface area (Å²) in [6, 6.07) is 13.5. The molecule has 2 atom stereocenters. The van der Waals surface area contributed by atoms with Crippen LogP contribution in [0.25, 0.3) is 0 Å². The van der Waals surface area contributed by atoms with Crippen LogP contribution in [0.15, 0.2) is 48.5 Å². The molecule has 8 heteroatoms. The summed E-state index contributed by atoms with van der Waals surface area (Å²) >= 11 is 11.7. The van der Waals surface area contributed by atoms with Crippen LogP contribution in [0.1, 0.15) is 20.3 Å². The second-order valence-corrected chi connectivity index (χ2v) is 9.01. The van der Waals surface area contributed by atoms with Crippen LogP contribution in [0.2, 0.25) is 10.0 Å². The van der Waals surface area contributed by atoms with E-state index in [2.05, 4.69) is 35.1 Å². The van der Waals surface area contributed by atoms with Crippen LogP contribution >= 0.6 is 23.2 Å². The summed E-state index contributed by atoms with van der Waals surface area (Å²) in [5.74, 6) is 0.694. The molecular weight excluding hydrogens is 423 g/mol. The van der Waals surface area contributed by atoms with Crippen molar-refractivity contribution in [1.29, 1.82) is 0 Å². The fourth-order valence-electron chi connectivity index (χ4n) is 3.67. The third kappa shape index (κ3) is 5.80. The molecule has 1 aliphatic carbocycles. The third-order valence-corrected chi connectivity index (χ3v) is 6.40. The molecule has 2 aromatic carbocycles. The van der Waals surface area contributed by atoms with Crippen LogP contribution in [0.3, 0.4) is 0 Å². The number of benzene rings is 2. The Kier molecular flexibility index (Phi) is 7.10. The Morgan fingerprint density at radius 2 is 1.17 bits per heavy atom. The number of anilines is 2. The predicted octanol–water partition coefficient (Wildman–Crippen LogP) is 5.60. The highest BCUT2D eigenvalue weighted by molar-refractivity contribution is 6.30. The summed E-state index contributed by atoms with van der Waals surface area (Å²) in [6.07, 6.45) is 0.940. The Morgan fingerprint density at radius 3 is 1.50 bits per heavy atom. The summed E-state index contributed by atoms with van der Waals surface area (Å²) in [5, 5.41) is 12.7. The Bertz CT molecular complexity index is 814. The van der Waals surface area contributed by atoms with Gasteiger partial charge in [0.05, 0.1) is 0 Å². The van der Waals surface area contributed by atoms with Gasteiger partial charge in [-0.05, 0) is 72.2 Å². The standard InChI is InChI=1S/C22H26Cl2N4O2/c1-22(2)14(12-25-20(29)27-18-7-3-16(23)4-8-18)11-15(22)13-26-21(30)28-19-9-5-17(24)6-10-19/h3-10,14-15H,11-13H2,1-2H3,(H2,25,27,29)(H2,26,28,30). The van der Waals surface area contributed by atoms with Gasteiger partial charge in [0.25, 0.3) is 0 Å². The number of halogens is 2. The number of hydrogen-bond acceptors (Lipinski definition) is 2. The van der Waals surface area contributed by atoms with Gasteiger partial charge in [-0.15, -0.1) is 0 Å². The van der Waals surface area contributed by atoms with Crippen molar-refractivity contribution in [3.63, 3.8) is 0 Å². The first-order chi connectivity index (χ1) is 14.2. The monoisotopic (exact) mass is 448 g/mol. The molecule has 0 aromatic heterocycles. The highest BCUT2D eigenvalue weighted by Gasteiger charge is 2.47. The van der Waals surface area contributed by atoms with Crippen molar-refractivity contribution in [2.45, 2.75) is 20.3 Å². The smallest absolute Gasteiger partial charge is 0.319 e. The number of amides is 4. The van der Waals surface area contributed by atoms with Gasteiger partial charge in [-0.2, -0.15) is 0 Å². The molecule has 30 heavy (non-hydrogen) atoms. The van der Waals surface area contributed by atoms with Crippen molar-refractivity contribution in [3.8, 4) is 0 Å². The Labute approximate surface area is 186 Å². The molecule has 4 N–H and O–H groups in total. The second kappa shape index (κ2) is 9.58. The van der Waals surface area contributed by atoms with Crippen LogP contribution in [0.4, 0.5) is 21.0 Å². The maximum Gasteiger partial charge on any atom is 0.319 e. The van der Waals surface area contributed by atoms with Gasteiger partial charge < -0.3 is 21.3 Å². The quantitative estimate of drug-likeness (QED) is 0.463. The van der Waals surface area contributed by atoms with E-state index in [4.69, 9.17) is 23.2 Å². The van der Waals surface area contributed by atoms with Gasteiger partial charge in [-0.25, -0.2) is 9.59 Å². The molecule has 1 saturated carbocycles. The van der Waals surface area contributed by atoms with E-state index in [-0.39, 0.29) is 17.5 Å². The van der Waals surface area contributed by atoms with Gasteiger partial charge in [-0.3, -0.25) is 0 Å². The van der Waals surface area contributed by atoms with Crippen molar-refractivity contribution < 1.29 is 9.59 Å². The lowest BCUT2D eigenvalue weighted by Gasteiger charge is -2.52. The molecule has 0 saturated heterocycles. The molecule has 2 unspecified atom stereocenters. The first-order valence-electron chi connectivity index (χ1n) is 9.85. The van der Waals surface area contributed by atoms with Gasteiger partial charge in [0.15, 0.2) is 0 Å². The molecule has 4 amide bonds. The van der Waals surface area contributed by atoms with Gasteiger partial charge in [0.2, 0.25) is 0 Å². The molecule has 160 valence electrons. The number of carbonyl (C=O) groups excluding carboxylic acids is 2. The Morgan fingerprint density at radius 1 is 0.800 bits per heavy atom. The zero-order valence-corrected chi connectivity index (χ0v) is 18.5. The largest absolute Gasteiger partial charge is 0.338 e. The molecule has 0 aliphatic heterocycles. The molecule has 0 heterocycles. The van der Waals surface area contributed by atoms with Gasteiger partial charge in [0, 0.05) is 34.5 Å². The third-order valence-electron chi connectivity index (χ3n) is 5.90. The zero-order valence-electron chi connectivity index (χ0n) is 17.0. The molecule has 0 bridgehead atoms. The maximum absolute atomic E-state index is 12.1. The number of hydrogen-bond donors (Lipinski definition) is 4. The lowest BCUT2D eigenvalue weighted by Crippen LogP contribution is -2.54. The van der Waals surface area contributed by atoms with Crippen LogP contribution in [-0.4, -0.2) is 25.2 Å². The number of urea groups is 2. The van der Waals surface area contributed by atoms with Crippen molar-refractivity contribution in [2.24, 2.45) is 17.3 Å². The molecule has 0 radical (unpaired) electrons. The summed E-state index contributed by atoms with van der Waals surface area (Å²) in [7, 11) is 0.